The van der Waals surface area contributed by atoms with E-state index < -0.39 is 0 Å². The number of nitrogens with one attached hydrogen (secondary N) is 1. The van der Waals surface area contributed by atoms with Gasteiger partial charge >= 0.3 is 0 Å². The van der Waals surface area contributed by atoms with E-state index in [1.54, 1.807) is 11.8 Å². The van der Waals surface area contributed by atoms with Crippen LogP contribution in [0.5, 0.6) is 0 Å². The molecule has 1 aliphatic rings. The first-order valence-corrected chi connectivity index (χ1v) is 6.31. The lowest BCUT2D eigenvalue weighted by Crippen LogP contribution is -2.05. The van der Waals surface area contributed by atoms with Gasteiger partial charge in [0.15, 0.2) is 5.17 Å². The fraction of sp³-hybridized carbons (Fsp3) is 0.222. The number of amidine groups is 1. The van der Waals surface area contributed by atoms with Crippen LogP contribution in [0.1, 0.15) is 0 Å². The summed E-state index contributed by atoms with van der Waals surface area (Å²) in [4.78, 5) is 4.31. The molecule has 5 heteroatoms. The summed E-state index contributed by atoms with van der Waals surface area (Å²) in [5, 5.41) is 4.95. The van der Waals surface area contributed by atoms with E-state index in [0.29, 0.717) is 0 Å². The summed E-state index contributed by atoms with van der Waals surface area (Å²) < 4.78 is 0.959. The van der Waals surface area contributed by atoms with E-state index in [1.807, 2.05) is 18.2 Å². The largest absolute Gasteiger partial charge is 0.334 e. The molecule has 1 aromatic rings. The molecule has 2 nitrogen and oxygen atoms in total. The molecule has 0 radical (unpaired) electrons. The Hall–Kier alpha value is -0.190. The normalized spacial score (nSPS) is 15.4. The fourth-order valence-corrected chi connectivity index (χ4v) is 2.64. The van der Waals surface area contributed by atoms with Gasteiger partial charge < -0.3 is 5.32 Å². The zero-order valence-corrected chi connectivity index (χ0v) is 10.4. The topological polar surface area (TPSA) is 24.4 Å². The highest BCUT2D eigenvalue weighted by Crippen LogP contribution is 2.27. The van der Waals surface area contributed by atoms with Gasteiger partial charge in [-0.3, -0.25) is 4.99 Å². The lowest BCUT2D eigenvalue weighted by Gasteiger charge is -2.07. The van der Waals surface area contributed by atoms with E-state index >= 15 is 0 Å². The molecule has 0 fully saturated rings. The van der Waals surface area contributed by atoms with Crippen molar-refractivity contribution in [1.29, 1.82) is 0 Å². The number of hydrogen-bond acceptors (Lipinski definition) is 3. The number of benzene rings is 1. The molecule has 0 aromatic heterocycles. The van der Waals surface area contributed by atoms with E-state index in [4.69, 9.17) is 11.6 Å². The van der Waals surface area contributed by atoms with Crippen LogP contribution in [0.2, 0.25) is 5.02 Å². The molecule has 0 saturated carbocycles. The summed E-state index contributed by atoms with van der Waals surface area (Å²) in [5.74, 6) is 1.06. The molecule has 2 rings (SSSR count). The highest BCUT2D eigenvalue weighted by Gasteiger charge is 2.08. The molecule has 74 valence electrons. The number of nitrogens with zero attached hydrogens (tertiary/aromatic N) is 1. The van der Waals surface area contributed by atoms with Crippen LogP contribution in [-0.2, 0) is 0 Å². The second kappa shape index (κ2) is 4.55. The number of aliphatic imine (C=N–C) groups is 1. The molecular weight excluding hydrogens is 284 g/mol. The minimum Gasteiger partial charge on any atom is -0.334 e. The van der Waals surface area contributed by atoms with E-state index in [-0.39, 0.29) is 0 Å². The van der Waals surface area contributed by atoms with Crippen LogP contribution in [0, 0.1) is 0 Å². The second-order valence-corrected chi connectivity index (χ2v) is 5.16. The average Bonchev–Trinajstić information content (AvgIpc) is 2.62. The predicted molar refractivity (Wildman–Crippen MR) is 67.5 cm³/mol. The third-order valence-corrected chi connectivity index (χ3v) is 3.54. The van der Waals surface area contributed by atoms with Gasteiger partial charge in [0.05, 0.1) is 12.2 Å². The van der Waals surface area contributed by atoms with Gasteiger partial charge in [-0.2, -0.15) is 0 Å². The lowest BCUT2D eigenvalue weighted by molar-refractivity contribution is 1.17. The Morgan fingerprint density at radius 2 is 2.36 bits per heavy atom. The van der Waals surface area contributed by atoms with Crippen LogP contribution in [-0.4, -0.2) is 17.5 Å². The molecule has 0 aliphatic carbocycles. The third kappa shape index (κ3) is 2.43. The van der Waals surface area contributed by atoms with Crippen molar-refractivity contribution in [3.63, 3.8) is 0 Å². The van der Waals surface area contributed by atoms with Crippen LogP contribution < -0.4 is 5.32 Å². The first-order valence-electron chi connectivity index (χ1n) is 4.15. The molecule has 1 aliphatic heterocycles. The summed E-state index contributed by atoms with van der Waals surface area (Å²) >= 11 is 11.0. The first-order chi connectivity index (χ1) is 6.75. The zero-order valence-electron chi connectivity index (χ0n) is 7.26. The van der Waals surface area contributed by atoms with Gasteiger partial charge in [-0.1, -0.05) is 23.4 Å². The standard InChI is InChI=1S/C9H8BrClN2S/c10-7-5-6(11)1-2-8(7)13-9-12-3-4-14-9/h1-2,5H,3-4H2,(H,12,13). The van der Waals surface area contributed by atoms with Crippen molar-refractivity contribution < 1.29 is 0 Å². The Kier molecular flexibility index (Phi) is 3.36. The smallest absolute Gasteiger partial charge is 0.161 e. The SMILES string of the molecule is Clc1ccc(NC2=NCCS2)c(Br)c1. The Balaban J connectivity index is 2.16. The molecule has 0 amide bonds. The number of anilines is 1. The van der Waals surface area contributed by atoms with E-state index in [0.717, 1.165) is 32.6 Å². The molecule has 0 unspecified atom stereocenters. The molecule has 1 aromatic carbocycles. The summed E-state index contributed by atoms with van der Waals surface area (Å²) in [6, 6.07) is 5.66. The molecule has 1 heterocycles. The van der Waals surface area contributed by atoms with Crippen molar-refractivity contribution in [3.8, 4) is 0 Å². The van der Waals surface area contributed by atoms with Gasteiger partial charge in [-0.25, -0.2) is 0 Å². The monoisotopic (exact) mass is 290 g/mol. The van der Waals surface area contributed by atoms with Crippen molar-refractivity contribution >= 4 is 50.1 Å². The van der Waals surface area contributed by atoms with Crippen LogP contribution in [0.15, 0.2) is 27.7 Å². The second-order valence-electron chi connectivity index (χ2n) is 2.78. The molecule has 0 atom stereocenters. The van der Waals surface area contributed by atoms with Crippen LogP contribution >= 0.6 is 39.3 Å². The highest BCUT2D eigenvalue weighted by molar-refractivity contribution is 9.10. The summed E-state index contributed by atoms with van der Waals surface area (Å²) in [6.07, 6.45) is 0. The van der Waals surface area contributed by atoms with Crippen LogP contribution in [0.25, 0.3) is 0 Å². The fourth-order valence-electron chi connectivity index (χ4n) is 1.12. The van der Waals surface area contributed by atoms with Crippen LogP contribution in [0.4, 0.5) is 5.69 Å². The maximum Gasteiger partial charge on any atom is 0.161 e. The lowest BCUT2D eigenvalue weighted by atomic mass is 10.3. The van der Waals surface area contributed by atoms with Crippen molar-refractivity contribution in [1.82, 2.24) is 0 Å². The van der Waals surface area contributed by atoms with Crippen molar-refractivity contribution in [2.45, 2.75) is 0 Å². The number of rotatable bonds is 1. The van der Waals surface area contributed by atoms with Crippen molar-refractivity contribution in [2.24, 2.45) is 4.99 Å². The maximum absolute atomic E-state index is 5.84. The Labute approximate surface area is 100 Å². The molecule has 0 bridgehead atoms. The van der Waals surface area contributed by atoms with Gasteiger partial charge in [0.25, 0.3) is 0 Å². The number of halogens is 2. The predicted octanol–water partition coefficient (Wildman–Crippen LogP) is 3.62. The summed E-state index contributed by atoms with van der Waals surface area (Å²) in [6.45, 7) is 0.901. The molecule has 14 heavy (non-hydrogen) atoms. The molecular formula is C9H8BrClN2S. The first kappa shape index (κ1) is 10.3. The zero-order chi connectivity index (χ0) is 9.97. The van der Waals surface area contributed by atoms with E-state index in [1.165, 1.54) is 0 Å². The van der Waals surface area contributed by atoms with Gasteiger partial charge in [0.1, 0.15) is 0 Å². The summed E-state index contributed by atoms with van der Waals surface area (Å²) in [7, 11) is 0. The maximum atomic E-state index is 5.84. The van der Waals surface area contributed by atoms with E-state index in [9.17, 15) is 0 Å². The molecule has 1 N–H and O–H groups in total. The average molecular weight is 292 g/mol. The summed E-state index contributed by atoms with van der Waals surface area (Å²) in [5.41, 5.74) is 1.00. The van der Waals surface area contributed by atoms with Crippen molar-refractivity contribution in [2.75, 3.05) is 17.6 Å². The van der Waals surface area contributed by atoms with Gasteiger partial charge in [0, 0.05) is 15.2 Å². The Morgan fingerprint density at radius 3 is 3.00 bits per heavy atom. The van der Waals surface area contributed by atoms with Crippen LogP contribution in [0.3, 0.4) is 0 Å². The number of hydrogen-bond donors (Lipinski definition) is 1. The van der Waals surface area contributed by atoms with Gasteiger partial charge in [0.2, 0.25) is 0 Å². The minimum atomic E-state index is 0.725. The number of thioether (sulfide) groups is 1. The van der Waals surface area contributed by atoms with Crippen molar-refractivity contribution in [3.05, 3.63) is 27.7 Å². The Morgan fingerprint density at radius 1 is 1.50 bits per heavy atom. The van der Waals surface area contributed by atoms with Gasteiger partial charge in [-0.05, 0) is 34.1 Å². The third-order valence-electron chi connectivity index (χ3n) is 1.76. The quantitative estimate of drug-likeness (QED) is 0.854. The van der Waals surface area contributed by atoms with E-state index in [2.05, 4.69) is 26.2 Å². The molecule has 0 spiro atoms. The molecule has 0 saturated heterocycles. The Bertz CT molecular complexity index is 381. The minimum absolute atomic E-state index is 0.725. The highest BCUT2D eigenvalue weighted by atomic mass is 79.9. The van der Waals surface area contributed by atoms with Gasteiger partial charge in [-0.15, -0.1) is 0 Å².